The zero-order valence-electron chi connectivity index (χ0n) is 19.0. The van der Waals surface area contributed by atoms with Crippen LogP contribution in [-0.4, -0.2) is 36.1 Å². The predicted octanol–water partition coefficient (Wildman–Crippen LogP) is 4.69. The van der Waals surface area contributed by atoms with Gasteiger partial charge in [0.15, 0.2) is 0 Å². The van der Waals surface area contributed by atoms with Gasteiger partial charge < -0.3 is 26.6 Å². The van der Waals surface area contributed by atoms with Crippen LogP contribution in [0.5, 0.6) is 0 Å². The molecule has 3 heterocycles. The average Bonchev–Trinajstić information content (AvgIpc) is 3.38. The molecule has 9 heteroatoms. The average molecular weight is 493 g/mol. The highest BCUT2D eigenvalue weighted by Gasteiger charge is 2.21. The van der Waals surface area contributed by atoms with Crippen molar-refractivity contribution in [3.63, 3.8) is 0 Å². The number of rotatable bonds is 5. The monoisotopic (exact) mass is 492 g/mol. The van der Waals surface area contributed by atoms with Gasteiger partial charge in [0.25, 0.3) is 0 Å². The zero-order valence-corrected chi connectivity index (χ0v) is 20.6. The van der Waals surface area contributed by atoms with Crippen LogP contribution in [0, 0.1) is 5.82 Å². The molecule has 0 atom stereocenters. The van der Waals surface area contributed by atoms with E-state index in [4.69, 9.17) is 34.7 Å². The summed E-state index contributed by atoms with van der Waals surface area (Å²) in [7, 11) is 0. The first-order valence-electron chi connectivity index (χ1n) is 11.2. The second-order valence-electron chi connectivity index (χ2n) is 7.67. The van der Waals surface area contributed by atoms with E-state index in [0.717, 1.165) is 24.5 Å². The molecule has 1 saturated heterocycles. The molecule has 0 bridgehead atoms. The summed E-state index contributed by atoms with van der Waals surface area (Å²) in [5, 5.41) is 3.57. The number of allylic oxidation sites excluding steroid dienone is 1. The lowest BCUT2D eigenvalue weighted by molar-refractivity contribution is 0.321. The maximum atomic E-state index is 14.0. The van der Waals surface area contributed by atoms with Crippen molar-refractivity contribution in [2.45, 2.75) is 33.2 Å². The minimum Gasteiger partial charge on any atom is -0.398 e. The molecule has 33 heavy (non-hydrogen) atoms. The molecule has 0 amide bonds. The van der Waals surface area contributed by atoms with Crippen LogP contribution in [0.15, 0.2) is 48.1 Å². The molecule has 6 nitrogen and oxygen atoms in total. The fraction of sp³-hybridized carbons (Fsp3) is 0.375. The first kappa shape index (κ1) is 25.0. The molecular formula is C24H31Cl2FN6. The van der Waals surface area contributed by atoms with Gasteiger partial charge in [-0.25, -0.2) is 9.37 Å². The summed E-state index contributed by atoms with van der Waals surface area (Å²) in [6.07, 6.45) is 5.97. The molecule has 1 aromatic carbocycles. The Kier molecular flexibility index (Phi) is 8.69. The molecule has 0 radical (unpaired) electrons. The van der Waals surface area contributed by atoms with Crippen molar-refractivity contribution in [1.82, 2.24) is 15.2 Å². The number of nitrogens with two attached hydrogens (primary N) is 2. The minimum absolute atomic E-state index is 0.0163. The van der Waals surface area contributed by atoms with Crippen LogP contribution < -0.4 is 21.7 Å². The first-order chi connectivity index (χ1) is 15.9. The van der Waals surface area contributed by atoms with Gasteiger partial charge in [-0.2, -0.15) is 0 Å². The Hall–Kier alpha value is -2.64. The number of nitrogens with one attached hydrogen (secondary N) is 1. The van der Waals surface area contributed by atoms with Crippen LogP contribution in [0.4, 0.5) is 10.2 Å². The van der Waals surface area contributed by atoms with E-state index < -0.39 is 5.82 Å². The topological polar surface area (TPSA) is 83.4 Å². The highest BCUT2D eigenvalue weighted by Crippen LogP contribution is 2.30. The standard InChI is InChI=1S/C22H25Cl2FN6.C2H6/c23-16-4-5-17(25)21(24)15(16)13-31-10-7-28-22(27)19(31)11-18(26)14-3-6-20(29-12-14)30-8-1-2-9-30;1-2/h3-6,11-12,28H,1-2,7-10,13,26-27H2;1-2H3/b18-11-;. The van der Waals surface area contributed by atoms with E-state index in [1.165, 1.54) is 25.0 Å². The van der Waals surface area contributed by atoms with Crippen LogP contribution in [0.1, 0.15) is 37.8 Å². The minimum atomic E-state index is -0.506. The Morgan fingerprint density at radius 3 is 2.55 bits per heavy atom. The number of anilines is 1. The fourth-order valence-corrected chi connectivity index (χ4v) is 4.36. The fourth-order valence-electron chi connectivity index (χ4n) is 3.87. The largest absolute Gasteiger partial charge is 0.398 e. The third kappa shape index (κ3) is 5.84. The summed E-state index contributed by atoms with van der Waals surface area (Å²) in [5.74, 6) is 0.942. The number of aromatic nitrogens is 1. The van der Waals surface area contributed by atoms with E-state index in [9.17, 15) is 4.39 Å². The van der Waals surface area contributed by atoms with Crippen LogP contribution in [0.25, 0.3) is 5.70 Å². The summed E-state index contributed by atoms with van der Waals surface area (Å²) in [6.45, 7) is 7.65. The Balaban J connectivity index is 0.00000149. The van der Waals surface area contributed by atoms with Gasteiger partial charge in [0.1, 0.15) is 17.5 Å². The van der Waals surface area contributed by atoms with E-state index >= 15 is 0 Å². The zero-order chi connectivity index (χ0) is 24.0. The van der Waals surface area contributed by atoms with Gasteiger partial charge in [-0.15, -0.1) is 0 Å². The van der Waals surface area contributed by atoms with Gasteiger partial charge in [0, 0.05) is 60.8 Å². The first-order valence-corrected chi connectivity index (χ1v) is 12.0. The van der Waals surface area contributed by atoms with Crippen LogP contribution in [-0.2, 0) is 6.54 Å². The van der Waals surface area contributed by atoms with Gasteiger partial charge in [-0.3, -0.25) is 0 Å². The Morgan fingerprint density at radius 1 is 1.15 bits per heavy atom. The molecule has 1 aromatic heterocycles. The Labute approximate surface area is 205 Å². The third-order valence-corrected chi connectivity index (χ3v) is 6.37. The maximum absolute atomic E-state index is 14.0. The number of hydrogen-bond donors (Lipinski definition) is 3. The van der Waals surface area contributed by atoms with Crippen molar-refractivity contribution in [1.29, 1.82) is 0 Å². The molecular weight excluding hydrogens is 462 g/mol. The highest BCUT2D eigenvalue weighted by molar-refractivity contribution is 6.36. The second kappa shape index (κ2) is 11.5. The van der Waals surface area contributed by atoms with Gasteiger partial charge in [0.05, 0.1) is 10.7 Å². The summed E-state index contributed by atoms with van der Waals surface area (Å²) < 4.78 is 14.0. The van der Waals surface area contributed by atoms with Gasteiger partial charge >= 0.3 is 0 Å². The van der Waals surface area contributed by atoms with Crippen LogP contribution >= 0.6 is 23.2 Å². The number of halogens is 3. The summed E-state index contributed by atoms with van der Waals surface area (Å²) in [4.78, 5) is 8.82. The number of pyridine rings is 1. The van der Waals surface area contributed by atoms with Gasteiger partial charge in [0.2, 0.25) is 0 Å². The van der Waals surface area contributed by atoms with E-state index in [1.54, 1.807) is 12.3 Å². The molecule has 5 N–H and O–H groups in total. The summed E-state index contributed by atoms with van der Waals surface area (Å²) in [5.41, 5.74) is 15.2. The van der Waals surface area contributed by atoms with Crippen LogP contribution in [0.2, 0.25) is 10.0 Å². The number of hydrogen-bond acceptors (Lipinski definition) is 6. The lowest BCUT2D eigenvalue weighted by Crippen LogP contribution is -2.41. The Morgan fingerprint density at radius 2 is 1.88 bits per heavy atom. The molecule has 1 fully saturated rings. The van der Waals surface area contributed by atoms with E-state index in [0.29, 0.717) is 47.4 Å². The lowest BCUT2D eigenvalue weighted by atomic mass is 10.1. The highest BCUT2D eigenvalue weighted by atomic mass is 35.5. The van der Waals surface area contributed by atoms with Crippen molar-refractivity contribution in [2.24, 2.45) is 11.5 Å². The second-order valence-corrected chi connectivity index (χ2v) is 8.45. The van der Waals surface area contributed by atoms with Crippen molar-refractivity contribution < 1.29 is 4.39 Å². The molecule has 4 rings (SSSR count). The molecule has 0 spiro atoms. The van der Waals surface area contributed by atoms with E-state index in [2.05, 4.69) is 15.2 Å². The third-order valence-electron chi connectivity index (χ3n) is 5.61. The quantitative estimate of drug-likeness (QED) is 0.525. The van der Waals surface area contributed by atoms with Gasteiger partial charge in [-0.1, -0.05) is 37.0 Å². The molecule has 0 unspecified atom stereocenters. The maximum Gasteiger partial charge on any atom is 0.142 e. The van der Waals surface area contributed by atoms with Crippen LogP contribution in [0.3, 0.4) is 0 Å². The van der Waals surface area contributed by atoms with Crippen molar-refractivity contribution >= 4 is 34.7 Å². The lowest BCUT2D eigenvalue weighted by Gasteiger charge is -2.32. The SMILES string of the molecule is CC.NC1=C(/C=C(\N)c2ccc(N3CCCC3)nc2)N(Cc2c(Cl)ccc(F)c2Cl)CCN1. The summed E-state index contributed by atoms with van der Waals surface area (Å²) >= 11 is 12.5. The van der Waals surface area contributed by atoms with Gasteiger partial charge in [-0.05, 0) is 43.2 Å². The predicted molar refractivity (Wildman–Crippen MR) is 135 cm³/mol. The number of nitrogens with zero attached hydrogens (tertiary/aromatic N) is 3. The molecule has 0 aliphatic carbocycles. The van der Waals surface area contributed by atoms with Crippen molar-refractivity contribution in [2.75, 3.05) is 31.1 Å². The van der Waals surface area contributed by atoms with Crippen molar-refractivity contribution in [3.8, 4) is 0 Å². The normalized spacial score (nSPS) is 16.5. The molecule has 0 saturated carbocycles. The molecule has 2 aromatic rings. The number of benzene rings is 1. The molecule has 2 aliphatic heterocycles. The molecule has 2 aliphatic rings. The van der Waals surface area contributed by atoms with E-state index in [1.807, 2.05) is 30.9 Å². The summed E-state index contributed by atoms with van der Waals surface area (Å²) in [6, 6.07) is 6.71. The Bertz CT molecular complexity index is 1020. The molecule has 178 valence electrons. The van der Waals surface area contributed by atoms with E-state index in [-0.39, 0.29) is 5.02 Å². The van der Waals surface area contributed by atoms with Crippen molar-refractivity contribution in [3.05, 3.63) is 75.0 Å². The smallest absolute Gasteiger partial charge is 0.142 e.